The highest BCUT2D eigenvalue weighted by molar-refractivity contribution is 6.30. The maximum atomic E-state index is 12.3. The number of ether oxygens (including phenoxy) is 1. The highest BCUT2D eigenvalue weighted by Gasteiger charge is 2.16. The van der Waals surface area contributed by atoms with Gasteiger partial charge in [0.1, 0.15) is 6.10 Å². The normalized spacial score (nSPS) is 12.6. The average Bonchev–Trinajstić information content (AvgIpc) is 2.62. The highest BCUT2D eigenvalue weighted by atomic mass is 35.5. The van der Waals surface area contributed by atoms with Gasteiger partial charge in [0.2, 0.25) is 5.91 Å². The van der Waals surface area contributed by atoms with Crippen molar-refractivity contribution < 1.29 is 9.53 Å². The molecule has 1 aromatic rings. The van der Waals surface area contributed by atoms with Gasteiger partial charge in [-0.25, -0.2) is 0 Å². The van der Waals surface area contributed by atoms with Gasteiger partial charge in [-0.3, -0.25) is 9.79 Å². The molecule has 0 bridgehead atoms. The van der Waals surface area contributed by atoms with Crippen LogP contribution in [0.25, 0.3) is 0 Å². The third kappa shape index (κ3) is 6.84. The monoisotopic (exact) mass is 382 g/mol. The standard InChI is InChI=1S/C19H31ClN4O2/c1-6-21-19(23(4)14-18(25)24(7-2)8-3)22-13-17(26-5)15-10-9-11-16(20)12-15/h9-12,17H,6-8,13-14H2,1-5H3,(H,21,22). The number of hydrogen-bond acceptors (Lipinski definition) is 3. The molecule has 0 aliphatic carbocycles. The van der Waals surface area contributed by atoms with Gasteiger partial charge in [-0.15, -0.1) is 0 Å². The van der Waals surface area contributed by atoms with Gasteiger partial charge >= 0.3 is 0 Å². The van der Waals surface area contributed by atoms with Crippen molar-refractivity contribution in [2.45, 2.75) is 26.9 Å². The number of hydrogen-bond donors (Lipinski definition) is 1. The smallest absolute Gasteiger partial charge is 0.242 e. The molecule has 0 saturated heterocycles. The fraction of sp³-hybridized carbons (Fsp3) is 0.579. The molecule has 0 aliphatic rings. The van der Waals surface area contributed by atoms with Crippen LogP contribution in [0.1, 0.15) is 32.4 Å². The van der Waals surface area contributed by atoms with Crippen LogP contribution in [0.2, 0.25) is 5.02 Å². The summed E-state index contributed by atoms with van der Waals surface area (Å²) in [5.41, 5.74) is 0.974. The lowest BCUT2D eigenvalue weighted by Gasteiger charge is -2.26. The molecule has 0 fully saturated rings. The number of rotatable bonds is 9. The molecule has 146 valence electrons. The Morgan fingerprint density at radius 2 is 2.00 bits per heavy atom. The van der Waals surface area contributed by atoms with Crippen LogP contribution in [-0.2, 0) is 9.53 Å². The van der Waals surface area contributed by atoms with Crippen molar-refractivity contribution >= 4 is 23.5 Å². The number of amides is 1. The van der Waals surface area contributed by atoms with E-state index in [9.17, 15) is 4.79 Å². The van der Waals surface area contributed by atoms with Gasteiger partial charge in [0.25, 0.3) is 0 Å². The Morgan fingerprint density at radius 1 is 1.31 bits per heavy atom. The van der Waals surface area contributed by atoms with E-state index in [1.54, 1.807) is 7.11 Å². The van der Waals surface area contributed by atoms with Crippen LogP contribution >= 0.6 is 11.6 Å². The Balaban J connectivity index is 2.84. The van der Waals surface area contributed by atoms with E-state index < -0.39 is 0 Å². The predicted molar refractivity (Wildman–Crippen MR) is 108 cm³/mol. The van der Waals surface area contributed by atoms with Gasteiger partial charge in [0, 0.05) is 38.8 Å². The van der Waals surface area contributed by atoms with Crippen LogP contribution in [0.5, 0.6) is 0 Å². The minimum Gasteiger partial charge on any atom is -0.375 e. The third-order valence-electron chi connectivity index (χ3n) is 4.10. The molecule has 0 aromatic heterocycles. The number of nitrogens with zero attached hydrogens (tertiary/aromatic N) is 3. The maximum Gasteiger partial charge on any atom is 0.242 e. The van der Waals surface area contributed by atoms with E-state index in [2.05, 4.69) is 10.3 Å². The van der Waals surface area contributed by atoms with E-state index in [1.165, 1.54) is 0 Å². The summed E-state index contributed by atoms with van der Waals surface area (Å²) in [5.74, 6) is 0.762. The molecule has 1 atom stereocenters. The van der Waals surface area contributed by atoms with Gasteiger partial charge < -0.3 is 19.9 Å². The minimum atomic E-state index is -0.200. The summed E-state index contributed by atoms with van der Waals surface area (Å²) < 4.78 is 5.57. The number of likely N-dealkylation sites (N-methyl/N-ethyl adjacent to an activating group) is 2. The van der Waals surface area contributed by atoms with Crippen molar-refractivity contribution in [1.82, 2.24) is 15.1 Å². The van der Waals surface area contributed by atoms with Crippen LogP contribution in [0, 0.1) is 0 Å². The van der Waals surface area contributed by atoms with Gasteiger partial charge in [-0.2, -0.15) is 0 Å². The number of benzene rings is 1. The van der Waals surface area contributed by atoms with Crippen molar-refractivity contribution in [1.29, 1.82) is 0 Å². The summed E-state index contributed by atoms with van der Waals surface area (Å²) >= 11 is 6.07. The molecule has 0 aliphatic heterocycles. The Morgan fingerprint density at radius 3 is 2.54 bits per heavy atom. The van der Waals surface area contributed by atoms with E-state index in [-0.39, 0.29) is 18.6 Å². The second kappa shape index (κ2) is 11.8. The first-order chi connectivity index (χ1) is 12.5. The number of aliphatic imine (C=N–C) groups is 1. The second-order valence-electron chi connectivity index (χ2n) is 5.90. The largest absolute Gasteiger partial charge is 0.375 e. The molecular weight excluding hydrogens is 352 g/mol. The summed E-state index contributed by atoms with van der Waals surface area (Å²) in [7, 11) is 3.52. The molecule has 1 N–H and O–H groups in total. The van der Waals surface area contributed by atoms with E-state index in [0.29, 0.717) is 30.6 Å². The zero-order chi connectivity index (χ0) is 19.5. The first kappa shape index (κ1) is 22.3. The molecule has 0 radical (unpaired) electrons. The van der Waals surface area contributed by atoms with Crippen LogP contribution in [-0.4, -0.2) is 68.5 Å². The Labute approximate surface area is 162 Å². The minimum absolute atomic E-state index is 0.0845. The lowest BCUT2D eigenvalue weighted by molar-refractivity contribution is -0.131. The number of carbonyl (C=O) groups excluding carboxylic acids is 1. The molecular formula is C19H31ClN4O2. The Bertz CT molecular complexity index is 591. The average molecular weight is 383 g/mol. The predicted octanol–water partition coefficient (Wildman–Crippen LogP) is 2.79. The zero-order valence-electron chi connectivity index (χ0n) is 16.5. The lowest BCUT2D eigenvalue weighted by Crippen LogP contribution is -2.45. The molecule has 0 heterocycles. The molecule has 0 spiro atoms. The zero-order valence-corrected chi connectivity index (χ0v) is 17.2. The van der Waals surface area contributed by atoms with E-state index in [0.717, 1.165) is 12.1 Å². The maximum absolute atomic E-state index is 12.3. The van der Waals surface area contributed by atoms with Gasteiger partial charge in [0.15, 0.2) is 5.96 Å². The SMILES string of the molecule is CCNC(=NCC(OC)c1cccc(Cl)c1)N(C)CC(=O)N(CC)CC. The van der Waals surface area contributed by atoms with Crippen molar-refractivity contribution in [2.24, 2.45) is 4.99 Å². The van der Waals surface area contributed by atoms with Crippen molar-refractivity contribution in [3.05, 3.63) is 34.9 Å². The van der Waals surface area contributed by atoms with Gasteiger partial charge in [-0.05, 0) is 38.5 Å². The summed E-state index contributed by atoms with van der Waals surface area (Å²) in [6.07, 6.45) is -0.200. The molecule has 7 heteroatoms. The van der Waals surface area contributed by atoms with Gasteiger partial charge in [0.05, 0.1) is 13.1 Å². The van der Waals surface area contributed by atoms with Crippen molar-refractivity contribution in [3.8, 4) is 0 Å². The van der Waals surface area contributed by atoms with Crippen molar-refractivity contribution in [3.63, 3.8) is 0 Å². The first-order valence-corrected chi connectivity index (χ1v) is 9.39. The highest BCUT2D eigenvalue weighted by Crippen LogP contribution is 2.20. The number of guanidine groups is 1. The van der Waals surface area contributed by atoms with Crippen LogP contribution in [0.3, 0.4) is 0 Å². The van der Waals surface area contributed by atoms with E-state index >= 15 is 0 Å². The van der Waals surface area contributed by atoms with E-state index in [1.807, 2.05) is 61.9 Å². The number of methoxy groups -OCH3 is 1. The number of carbonyl (C=O) groups is 1. The molecule has 6 nitrogen and oxygen atoms in total. The topological polar surface area (TPSA) is 57.2 Å². The summed E-state index contributed by atoms with van der Waals surface area (Å²) in [5, 5.41) is 3.90. The van der Waals surface area contributed by atoms with Crippen LogP contribution in [0.15, 0.2) is 29.3 Å². The molecule has 0 saturated carbocycles. The first-order valence-electron chi connectivity index (χ1n) is 9.02. The summed E-state index contributed by atoms with van der Waals surface area (Å²) in [6, 6.07) is 7.58. The Hall–Kier alpha value is -1.79. The van der Waals surface area contributed by atoms with Gasteiger partial charge in [-0.1, -0.05) is 23.7 Å². The molecule has 1 amide bonds. The molecule has 1 aromatic carbocycles. The van der Waals surface area contributed by atoms with E-state index in [4.69, 9.17) is 16.3 Å². The van der Waals surface area contributed by atoms with Crippen LogP contribution < -0.4 is 5.32 Å². The number of halogens is 1. The van der Waals surface area contributed by atoms with Crippen LogP contribution in [0.4, 0.5) is 0 Å². The fourth-order valence-corrected chi connectivity index (χ4v) is 2.81. The molecule has 26 heavy (non-hydrogen) atoms. The Kier molecular flexibility index (Phi) is 10.1. The fourth-order valence-electron chi connectivity index (χ4n) is 2.62. The quantitative estimate of drug-likeness (QED) is 0.527. The number of nitrogens with one attached hydrogen (secondary N) is 1. The summed E-state index contributed by atoms with van der Waals surface area (Å²) in [4.78, 5) is 20.6. The summed E-state index contributed by atoms with van der Waals surface area (Å²) in [6.45, 7) is 8.81. The van der Waals surface area contributed by atoms with Crippen molar-refractivity contribution in [2.75, 3.05) is 46.9 Å². The third-order valence-corrected chi connectivity index (χ3v) is 4.33. The molecule has 1 unspecified atom stereocenters. The second-order valence-corrected chi connectivity index (χ2v) is 6.33. The lowest BCUT2D eigenvalue weighted by atomic mass is 10.1. The molecule has 1 rings (SSSR count).